The Morgan fingerprint density at radius 1 is 1.47 bits per heavy atom. The molecule has 0 spiro atoms. The number of ether oxygens (including phenoxy) is 3. The van der Waals surface area contributed by atoms with Gasteiger partial charge in [-0.1, -0.05) is 6.07 Å². The number of esters is 1. The lowest BCUT2D eigenvalue weighted by molar-refractivity contribution is -0.155. The zero-order valence-electron chi connectivity index (χ0n) is 10.8. The molecular weight excluding hydrogens is 246 g/mol. The highest BCUT2D eigenvalue weighted by atomic mass is 16.6. The van der Waals surface area contributed by atoms with E-state index in [1.165, 1.54) is 0 Å². The van der Waals surface area contributed by atoms with Gasteiger partial charge in [-0.05, 0) is 25.0 Å². The Bertz CT molecular complexity index is 416. The Balaban J connectivity index is 1.66. The second-order valence-corrected chi connectivity index (χ2v) is 4.50. The van der Waals surface area contributed by atoms with E-state index in [4.69, 9.17) is 19.9 Å². The largest absolute Gasteiger partial charge is 0.493 e. The summed E-state index contributed by atoms with van der Waals surface area (Å²) in [5.74, 6) is 0.410. The predicted octanol–water partition coefficient (Wildman–Crippen LogP) is 1.76. The normalized spacial score (nSPS) is 18.8. The van der Waals surface area contributed by atoms with Gasteiger partial charge in [0.1, 0.15) is 11.9 Å². The van der Waals surface area contributed by atoms with Crippen LogP contribution in [0.1, 0.15) is 19.3 Å². The van der Waals surface area contributed by atoms with Gasteiger partial charge in [-0.25, -0.2) is 0 Å². The Morgan fingerprint density at radius 2 is 2.37 bits per heavy atom. The Labute approximate surface area is 112 Å². The van der Waals surface area contributed by atoms with Crippen molar-refractivity contribution in [2.45, 2.75) is 25.4 Å². The number of nitrogens with two attached hydrogens (primary N) is 1. The lowest BCUT2D eigenvalue weighted by Crippen LogP contribution is -2.28. The molecule has 0 radical (unpaired) electrons. The number of nitrogen functional groups attached to an aromatic ring is 1. The molecule has 1 fully saturated rings. The van der Waals surface area contributed by atoms with Crippen LogP contribution in [-0.2, 0) is 14.3 Å². The van der Waals surface area contributed by atoms with E-state index in [1.54, 1.807) is 18.2 Å². The van der Waals surface area contributed by atoms with E-state index < -0.39 is 0 Å². The van der Waals surface area contributed by atoms with Crippen molar-refractivity contribution in [2.75, 3.05) is 25.6 Å². The van der Waals surface area contributed by atoms with Gasteiger partial charge in [-0.2, -0.15) is 0 Å². The number of carbonyl (C=O) groups is 1. The predicted molar refractivity (Wildman–Crippen MR) is 70.9 cm³/mol. The Hall–Kier alpha value is -1.75. The lowest BCUT2D eigenvalue weighted by Gasteiger charge is -2.22. The third-order valence-electron chi connectivity index (χ3n) is 2.85. The summed E-state index contributed by atoms with van der Waals surface area (Å²) in [6.45, 7) is 1.55. The van der Waals surface area contributed by atoms with Gasteiger partial charge in [0.15, 0.2) is 0 Å². The fraction of sp³-hybridized carbons (Fsp3) is 0.500. The van der Waals surface area contributed by atoms with Crippen LogP contribution in [-0.4, -0.2) is 31.9 Å². The van der Waals surface area contributed by atoms with Crippen LogP contribution in [0, 0.1) is 0 Å². The first kappa shape index (κ1) is 13.7. The SMILES string of the molecule is Nc1cccc(OCCC(=O)OC2CCCOC2)c1. The molecule has 104 valence electrons. The maximum Gasteiger partial charge on any atom is 0.309 e. The van der Waals surface area contributed by atoms with Gasteiger partial charge in [0.2, 0.25) is 0 Å². The fourth-order valence-corrected chi connectivity index (χ4v) is 1.91. The highest BCUT2D eigenvalue weighted by molar-refractivity contribution is 5.69. The van der Waals surface area contributed by atoms with Crippen molar-refractivity contribution in [3.8, 4) is 5.75 Å². The smallest absolute Gasteiger partial charge is 0.309 e. The molecule has 5 nitrogen and oxygen atoms in total. The second kappa shape index (κ2) is 6.99. The number of anilines is 1. The maximum absolute atomic E-state index is 11.6. The summed E-state index contributed by atoms with van der Waals surface area (Å²) in [6.07, 6.45) is 1.94. The van der Waals surface area contributed by atoms with Crippen LogP contribution in [0.4, 0.5) is 5.69 Å². The Kier molecular flexibility index (Phi) is 5.03. The van der Waals surface area contributed by atoms with E-state index in [1.807, 2.05) is 6.07 Å². The second-order valence-electron chi connectivity index (χ2n) is 4.50. The first-order chi connectivity index (χ1) is 9.24. The molecule has 19 heavy (non-hydrogen) atoms. The highest BCUT2D eigenvalue weighted by Crippen LogP contribution is 2.15. The van der Waals surface area contributed by atoms with Crippen molar-refractivity contribution < 1.29 is 19.0 Å². The molecule has 2 N–H and O–H groups in total. The van der Waals surface area contributed by atoms with Crippen molar-refractivity contribution in [3.63, 3.8) is 0 Å². The molecule has 2 rings (SSSR count). The molecule has 1 aromatic carbocycles. The number of benzene rings is 1. The quantitative estimate of drug-likeness (QED) is 0.649. The van der Waals surface area contributed by atoms with Gasteiger partial charge in [-0.15, -0.1) is 0 Å². The van der Waals surface area contributed by atoms with E-state index in [0.29, 0.717) is 18.0 Å². The summed E-state index contributed by atoms with van der Waals surface area (Å²) in [7, 11) is 0. The zero-order valence-corrected chi connectivity index (χ0v) is 10.8. The zero-order chi connectivity index (χ0) is 13.5. The molecule has 0 amide bonds. The molecule has 0 aromatic heterocycles. The van der Waals surface area contributed by atoms with Crippen molar-refractivity contribution in [2.24, 2.45) is 0 Å². The average Bonchev–Trinajstić information content (AvgIpc) is 2.40. The molecule has 1 unspecified atom stereocenters. The fourth-order valence-electron chi connectivity index (χ4n) is 1.91. The molecule has 1 aliphatic heterocycles. The summed E-state index contributed by atoms with van der Waals surface area (Å²) in [5, 5.41) is 0. The summed E-state index contributed by atoms with van der Waals surface area (Å²) in [4.78, 5) is 11.6. The molecule has 0 aliphatic carbocycles. The number of carbonyl (C=O) groups excluding carboxylic acids is 1. The minimum atomic E-state index is -0.251. The van der Waals surface area contributed by atoms with Crippen molar-refractivity contribution in [1.82, 2.24) is 0 Å². The van der Waals surface area contributed by atoms with Crippen LogP contribution < -0.4 is 10.5 Å². The van der Waals surface area contributed by atoms with Crippen LogP contribution in [0.5, 0.6) is 5.75 Å². The molecular formula is C14H19NO4. The summed E-state index contributed by atoms with van der Waals surface area (Å²) < 4.78 is 16.0. The van der Waals surface area contributed by atoms with Gasteiger partial charge >= 0.3 is 5.97 Å². The molecule has 5 heteroatoms. The number of rotatable bonds is 5. The van der Waals surface area contributed by atoms with Crippen molar-refractivity contribution in [3.05, 3.63) is 24.3 Å². The molecule has 0 bridgehead atoms. The minimum absolute atomic E-state index is 0.103. The summed E-state index contributed by atoms with van der Waals surface area (Å²) >= 11 is 0. The first-order valence-corrected chi connectivity index (χ1v) is 6.49. The number of hydrogen-bond acceptors (Lipinski definition) is 5. The van der Waals surface area contributed by atoms with Crippen LogP contribution in [0.25, 0.3) is 0 Å². The standard InChI is InChI=1S/C14H19NO4/c15-11-3-1-4-12(9-11)18-8-6-14(16)19-13-5-2-7-17-10-13/h1,3-4,9,13H,2,5-8,10,15H2. The molecule has 1 atom stereocenters. The van der Waals surface area contributed by atoms with Crippen LogP contribution in [0.3, 0.4) is 0 Å². The Morgan fingerprint density at radius 3 is 3.11 bits per heavy atom. The molecule has 1 aliphatic rings. The molecule has 1 aromatic rings. The monoisotopic (exact) mass is 265 g/mol. The third-order valence-corrected chi connectivity index (χ3v) is 2.85. The van der Waals surface area contributed by atoms with Gasteiger partial charge in [0, 0.05) is 18.4 Å². The van der Waals surface area contributed by atoms with Crippen molar-refractivity contribution >= 4 is 11.7 Å². The molecule has 0 saturated carbocycles. The molecule has 1 saturated heterocycles. The van der Waals surface area contributed by atoms with E-state index in [2.05, 4.69) is 0 Å². The van der Waals surface area contributed by atoms with Crippen LogP contribution in [0.2, 0.25) is 0 Å². The van der Waals surface area contributed by atoms with E-state index in [9.17, 15) is 4.79 Å². The van der Waals surface area contributed by atoms with Crippen molar-refractivity contribution in [1.29, 1.82) is 0 Å². The lowest BCUT2D eigenvalue weighted by atomic mass is 10.2. The average molecular weight is 265 g/mol. The van der Waals surface area contributed by atoms with Gasteiger partial charge in [-0.3, -0.25) is 4.79 Å². The third kappa shape index (κ3) is 4.79. The van der Waals surface area contributed by atoms with Crippen LogP contribution >= 0.6 is 0 Å². The van der Waals surface area contributed by atoms with E-state index in [0.717, 1.165) is 19.4 Å². The van der Waals surface area contributed by atoms with Gasteiger partial charge in [0.25, 0.3) is 0 Å². The van der Waals surface area contributed by atoms with E-state index in [-0.39, 0.29) is 25.1 Å². The minimum Gasteiger partial charge on any atom is -0.493 e. The number of hydrogen-bond donors (Lipinski definition) is 1. The van der Waals surface area contributed by atoms with Gasteiger partial charge < -0.3 is 19.9 Å². The van der Waals surface area contributed by atoms with Crippen LogP contribution in [0.15, 0.2) is 24.3 Å². The van der Waals surface area contributed by atoms with E-state index >= 15 is 0 Å². The maximum atomic E-state index is 11.6. The van der Waals surface area contributed by atoms with Gasteiger partial charge in [0.05, 0.1) is 19.6 Å². The molecule has 1 heterocycles. The first-order valence-electron chi connectivity index (χ1n) is 6.49. The summed E-state index contributed by atoms with van der Waals surface area (Å²) in [6, 6.07) is 7.11. The highest BCUT2D eigenvalue weighted by Gasteiger charge is 2.17. The summed E-state index contributed by atoms with van der Waals surface area (Å²) in [5.41, 5.74) is 6.27. The topological polar surface area (TPSA) is 70.8 Å².